The largest absolute Gasteiger partial charge is 0.492 e. The van der Waals surface area contributed by atoms with Gasteiger partial charge in [0, 0.05) is 35.1 Å². The molecule has 0 radical (unpaired) electrons. The van der Waals surface area contributed by atoms with Crippen LogP contribution in [0.25, 0.3) is 0 Å². The van der Waals surface area contributed by atoms with Gasteiger partial charge in [0.05, 0.1) is 20.3 Å². The molecule has 0 amide bonds. The number of methoxy groups -OCH3 is 1. The first-order valence-electron chi connectivity index (χ1n) is 6.34. The summed E-state index contributed by atoms with van der Waals surface area (Å²) in [5, 5.41) is 0. The quantitative estimate of drug-likeness (QED) is 0.867. The minimum Gasteiger partial charge on any atom is -0.492 e. The molecule has 1 aromatic carbocycles. The smallest absolute Gasteiger partial charge is 0.168 e. The van der Waals surface area contributed by atoms with Crippen molar-refractivity contribution < 1.29 is 14.2 Å². The molecule has 98 valence electrons. The van der Waals surface area contributed by atoms with E-state index in [0.29, 0.717) is 13.2 Å². The summed E-state index contributed by atoms with van der Waals surface area (Å²) >= 11 is 0. The SMILES string of the molecule is COc1c2c(c(C(C)(C)N)c3c1OCC3)OCC2. The van der Waals surface area contributed by atoms with Crippen molar-refractivity contribution in [2.24, 2.45) is 5.73 Å². The first-order valence-corrected chi connectivity index (χ1v) is 6.34. The minimum atomic E-state index is -0.432. The minimum absolute atomic E-state index is 0.432. The van der Waals surface area contributed by atoms with Crippen LogP contribution in [0.1, 0.15) is 30.5 Å². The van der Waals surface area contributed by atoms with Gasteiger partial charge < -0.3 is 19.9 Å². The number of hydrogen-bond acceptors (Lipinski definition) is 4. The van der Waals surface area contributed by atoms with Gasteiger partial charge in [0.2, 0.25) is 0 Å². The van der Waals surface area contributed by atoms with E-state index in [1.807, 2.05) is 13.8 Å². The predicted octanol–water partition coefficient (Wildman–Crippen LogP) is 1.76. The lowest BCUT2D eigenvalue weighted by Gasteiger charge is -2.26. The van der Waals surface area contributed by atoms with Gasteiger partial charge >= 0.3 is 0 Å². The van der Waals surface area contributed by atoms with Crippen LogP contribution in [0, 0.1) is 0 Å². The van der Waals surface area contributed by atoms with Crippen LogP contribution < -0.4 is 19.9 Å². The van der Waals surface area contributed by atoms with Crippen molar-refractivity contribution in [2.75, 3.05) is 20.3 Å². The summed E-state index contributed by atoms with van der Waals surface area (Å²) in [6, 6.07) is 0. The van der Waals surface area contributed by atoms with Crippen LogP contribution in [0.5, 0.6) is 17.2 Å². The van der Waals surface area contributed by atoms with Gasteiger partial charge in [0.1, 0.15) is 5.75 Å². The van der Waals surface area contributed by atoms with E-state index >= 15 is 0 Å². The fraction of sp³-hybridized carbons (Fsp3) is 0.571. The van der Waals surface area contributed by atoms with E-state index in [0.717, 1.165) is 46.8 Å². The molecule has 0 aromatic heterocycles. The zero-order chi connectivity index (χ0) is 12.9. The Morgan fingerprint density at radius 2 is 1.67 bits per heavy atom. The van der Waals surface area contributed by atoms with Crippen molar-refractivity contribution in [2.45, 2.75) is 32.2 Å². The van der Waals surface area contributed by atoms with Crippen LogP contribution in [0.15, 0.2) is 0 Å². The number of rotatable bonds is 2. The zero-order valence-corrected chi connectivity index (χ0v) is 11.1. The standard InChI is InChI=1S/C14H19NO3/c1-14(2,15)10-8-4-6-18-13(8)12(16-3)9-5-7-17-11(9)10/h4-7,15H2,1-3H3. The van der Waals surface area contributed by atoms with Gasteiger partial charge in [-0.05, 0) is 13.8 Å². The summed E-state index contributed by atoms with van der Waals surface area (Å²) in [4.78, 5) is 0. The third-order valence-corrected chi connectivity index (χ3v) is 3.60. The van der Waals surface area contributed by atoms with Gasteiger partial charge in [0.15, 0.2) is 11.5 Å². The van der Waals surface area contributed by atoms with Gasteiger partial charge in [-0.3, -0.25) is 0 Å². The van der Waals surface area contributed by atoms with Crippen molar-refractivity contribution in [3.63, 3.8) is 0 Å². The van der Waals surface area contributed by atoms with Crippen molar-refractivity contribution in [3.05, 3.63) is 16.7 Å². The van der Waals surface area contributed by atoms with Crippen LogP contribution in [-0.2, 0) is 18.4 Å². The molecule has 1 aromatic rings. The van der Waals surface area contributed by atoms with Gasteiger partial charge in [-0.15, -0.1) is 0 Å². The Balaban J connectivity index is 2.34. The fourth-order valence-corrected chi connectivity index (χ4v) is 2.96. The second-order valence-electron chi connectivity index (χ2n) is 5.44. The fourth-order valence-electron chi connectivity index (χ4n) is 2.96. The molecule has 0 bridgehead atoms. The highest BCUT2D eigenvalue weighted by molar-refractivity contribution is 5.67. The van der Waals surface area contributed by atoms with E-state index in [-0.39, 0.29) is 0 Å². The van der Waals surface area contributed by atoms with Crippen molar-refractivity contribution in [3.8, 4) is 17.2 Å². The number of nitrogens with two attached hydrogens (primary N) is 1. The monoisotopic (exact) mass is 249 g/mol. The highest BCUT2D eigenvalue weighted by atomic mass is 16.5. The highest BCUT2D eigenvalue weighted by Crippen LogP contribution is 2.51. The average molecular weight is 249 g/mol. The molecule has 4 nitrogen and oxygen atoms in total. The first kappa shape index (κ1) is 11.7. The maximum absolute atomic E-state index is 6.32. The maximum Gasteiger partial charge on any atom is 0.168 e. The summed E-state index contributed by atoms with van der Waals surface area (Å²) in [5.74, 6) is 2.63. The number of fused-ring (bicyclic) bond motifs is 2. The first-order chi connectivity index (χ1) is 8.54. The Hall–Kier alpha value is -1.42. The molecule has 0 fully saturated rings. The van der Waals surface area contributed by atoms with Crippen LogP contribution in [0.3, 0.4) is 0 Å². The Morgan fingerprint density at radius 3 is 2.28 bits per heavy atom. The van der Waals surface area contributed by atoms with Crippen LogP contribution >= 0.6 is 0 Å². The molecule has 18 heavy (non-hydrogen) atoms. The van der Waals surface area contributed by atoms with Crippen molar-refractivity contribution >= 4 is 0 Å². The molecule has 2 aliphatic heterocycles. The zero-order valence-electron chi connectivity index (χ0n) is 11.1. The summed E-state index contributed by atoms with van der Waals surface area (Å²) in [6.45, 7) is 5.40. The van der Waals surface area contributed by atoms with Crippen LogP contribution in [0.2, 0.25) is 0 Å². The second kappa shape index (κ2) is 3.79. The van der Waals surface area contributed by atoms with E-state index in [1.54, 1.807) is 7.11 Å². The Morgan fingerprint density at radius 1 is 1.06 bits per heavy atom. The number of hydrogen-bond donors (Lipinski definition) is 1. The van der Waals surface area contributed by atoms with Crippen LogP contribution in [-0.4, -0.2) is 20.3 Å². The van der Waals surface area contributed by atoms with Gasteiger partial charge in [-0.1, -0.05) is 0 Å². The molecule has 2 heterocycles. The van der Waals surface area contributed by atoms with E-state index in [4.69, 9.17) is 19.9 Å². The molecule has 2 aliphatic rings. The molecule has 0 unspecified atom stereocenters. The van der Waals surface area contributed by atoms with Crippen molar-refractivity contribution in [1.82, 2.24) is 0 Å². The maximum atomic E-state index is 6.32. The Kier molecular flexibility index (Phi) is 2.45. The molecule has 2 N–H and O–H groups in total. The highest BCUT2D eigenvalue weighted by Gasteiger charge is 2.36. The van der Waals surface area contributed by atoms with Crippen molar-refractivity contribution in [1.29, 1.82) is 0 Å². The predicted molar refractivity (Wildman–Crippen MR) is 68.6 cm³/mol. The molecule has 0 atom stereocenters. The Bertz CT molecular complexity index is 468. The molecule has 0 spiro atoms. The topological polar surface area (TPSA) is 53.7 Å². The van der Waals surface area contributed by atoms with Gasteiger partial charge in [-0.2, -0.15) is 0 Å². The lowest BCUT2D eigenvalue weighted by molar-refractivity contribution is 0.324. The number of benzene rings is 1. The lowest BCUT2D eigenvalue weighted by atomic mass is 9.86. The van der Waals surface area contributed by atoms with Crippen LogP contribution in [0.4, 0.5) is 0 Å². The normalized spacial score (nSPS) is 16.9. The van der Waals surface area contributed by atoms with E-state index in [9.17, 15) is 0 Å². The lowest BCUT2D eigenvalue weighted by Crippen LogP contribution is -2.30. The van der Waals surface area contributed by atoms with E-state index < -0.39 is 5.54 Å². The number of ether oxygens (including phenoxy) is 3. The third-order valence-electron chi connectivity index (χ3n) is 3.60. The molecular weight excluding hydrogens is 230 g/mol. The molecule has 0 saturated heterocycles. The molecule has 0 saturated carbocycles. The molecule has 3 rings (SSSR count). The van der Waals surface area contributed by atoms with Gasteiger partial charge in [-0.25, -0.2) is 0 Å². The summed E-state index contributed by atoms with van der Waals surface area (Å²) in [7, 11) is 1.68. The molecule has 4 heteroatoms. The second-order valence-corrected chi connectivity index (χ2v) is 5.44. The summed E-state index contributed by atoms with van der Waals surface area (Å²) < 4.78 is 17.1. The van der Waals surface area contributed by atoms with E-state index in [2.05, 4.69) is 0 Å². The van der Waals surface area contributed by atoms with Gasteiger partial charge in [0.25, 0.3) is 0 Å². The molecule has 0 aliphatic carbocycles. The summed E-state index contributed by atoms with van der Waals surface area (Å²) in [5.41, 5.74) is 9.23. The third kappa shape index (κ3) is 1.48. The summed E-state index contributed by atoms with van der Waals surface area (Å²) in [6.07, 6.45) is 1.73. The Labute approximate surface area is 107 Å². The van der Waals surface area contributed by atoms with E-state index in [1.165, 1.54) is 0 Å². The average Bonchev–Trinajstić information content (AvgIpc) is 2.90. The molecular formula is C14H19NO3.